The minimum absolute atomic E-state index is 0.0206. The molecule has 0 fully saturated rings. The molecule has 0 atom stereocenters. The lowest BCUT2D eigenvalue weighted by Crippen LogP contribution is -2.01. The number of hydrogen-bond acceptors (Lipinski definition) is 5. The number of halogens is 2. The summed E-state index contributed by atoms with van der Waals surface area (Å²) in [5.74, 6) is -0.289. The summed E-state index contributed by atoms with van der Waals surface area (Å²) in [6.45, 7) is -1.06. The van der Waals surface area contributed by atoms with E-state index in [9.17, 15) is 13.9 Å². The van der Waals surface area contributed by atoms with Crippen molar-refractivity contribution in [2.45, 2.75) is 13.5 Å². The summed E-state index contributed by atoms with van der Waals surface area (Å²) in [5, 5.41) is 10.1. The maximum atomic E-state index is 12.4. The second-order valence-electron chi connectivity index (χ2n) is 5.89. The molecule has 0 saturated carbocycles. The fraction of sp³-hybridized carbons (Fsp3) is 0.100. The predicted molar refractivity (Wildman–Crippen MR) is 97.3 cm³/mol. The number of hydrogen-bond donors (Lipinski definition) is 1. The molecule has 0 spiro atoms. The quantitative estimate of drug-likeness (QED) is 0.679. The lowest BCUT2D eigenvalue weighted by molar-refractivity contribution is -0.0498. The average Bonchev–Trinajstić information content (AvgIpc) is 3.15. The van der Waals surface area contributed by atoms with E-state index in [1.54, 1.807) is 12.1 Å². The zero-order valence-electron chi connectivity index (χ0n) is 14.2. The van der Waals surface area contributed by atoms with Crippen LogP contribution in [0.1, 0.15) is 18.2 Å². The van der Waals surface area contributed by atoms with E-state index in [1.165, 1.54) is 18.2 Å². The summed E-state index contributed by atoms with van der Waals surface area (Å²) in [6, 6.07) is 13.6. The third kappa shape index (κ3) is 3.31. The van der Waals surface area contributed by atoms with Crippen LogP contribution in [0, 0.1) is 0 Å². The van der Waals surface area contributed by atoms with Crippen LogP contribution >= 0.6 is 0 Å². The number of ether oxygens (including phenoxy) is 1. The van der Waals surface area contributed by atoms with Crippen LogP contribution < -0.4 is 4.74 Å². The fourth-order valence-electron chi connectivity index (χ4n) is 2.90. The number of nitrogens with zero attached hydrogens (tertiary/aromatic N) is 2. The second-order valence-corrected chi connectivity index (χ2v) is 5.89. The molecule has 3 aromatic rings. The molecule has 136 valence electrons. The lowest BCUT2D eigenvalue weighted by Gasteiger charge is -2.04. The molecule has 0 radical (unpaired) electrons. The number of aromatic nitrogens is 1. The highest BCUT2D eigenvalue weighted by Gasteiger charge is 2.20. The number of alkyl halides is 2. The van der Waals surface area contributed by atoms with Gasteiger partial charge in [-0.15, -0.1) is 0 Å². The molecule has 4 rings (SSSR count). The third-order valence-corrected chi connectivity index (χ3v) is 4.09. The SMILES string of the molecule is CC1=Nc2ccccc2C1=Cc1nc(-c2cccc(OC(F)F)c2)oc1O. The van der Waals surface area contributed by atoms with Crippen LogP contribution in [0.2, 0.25) is 0 Å². The van der Waals surface area contributed by atoms with Gasteiger partial charge in [0.05, 0.1) is 5.69 Å². The Hall–Kier alpha value is -3.48. The standard InChI is InChI=1S/C20H14F2N2O3/c1-11-15(14-7-2-3-8-16(14)23-11)10-17-19(25)27-18(24-17)12-5-4-6-13(9-12)26-20(21)22/h2-10,20,25H,1H3. The van der Waals surface area contributed by atoms with E-state index in [1.807, 2.05) is 31.2 Å². The highest BCUT2D eigenvalue weighted by molar-refractivity contribution is 6.31. The second kappa shape index (κ2) is 6.68. The Morgan fingerprint density at radius 2 is 1.96 bits per heavy atom. The van der Waals surface area contributed by atoms with Gasteiger partial charge in [0.15, 0.2) is 0 Å². The number of rotatable bonds is 4. The van der Waals surface area contributed by atoms with Crippen LogP contribution in [-0.4, -0.2) is 22.4 Å². The first kappa shape index (κ1) is 17.0. The van der Waals surface area contributed by atoms with Gasteiger partial charge >= 0.3 is 12.6 Å². The predicted octanol–water partition coefficient (Wildman–Crippen LogP) is 5.30. The molecular weight excluding hydrogens is 354 g/mol. The van der Waals surface area contributed by atoms with Crippen LogP contribution in [0.5, 0.6) is 11.7 Å². The van der Waals surface area contributed by atoms with E-state index in [0.717, 1.165) is 22.5 Å². The Morgan fingerprint density at radius 1 is 1.15 bits per heavy atom. The van der Waals surface area contributed by atoms with Crippen molar-refractivity contribution in [2.75, 3.05) is 0 Å². The summed E-state index contributed by atoms with van der Waals surface area (Å²) >= 11 is 0. The molecule has 7 heteroatoms. The highest BCUT2D eigenvalue weighted by Crippen LogP contribution is 2.37. The summed E-state index contributed by atoms with van der Waals surface area (Å²) < 4.78 is 34.5. The topological polar surface area (TPSA) is 67.9 Å². The van der Waals surface area contributed by atoms with Gasteiger partial charge in [-0.25, -0.2) is 4.98 Å². The molecule has 1 N–H and O–H groups in total. The van der Waals surface area contributed by atoms with Crippen molar-refractivity contribution in [2.24, 2.45) is 4.99 Å². The number of allylic oxidation sites excluding steroid dienone is 1. The van der Waals surface area contributed by atoms with Gasteiger partial charge in [-0.1, -0.05) is 24.3 Å². The fourth-order valence-corrected chi connectivity index (χ4v) is 2.90. The zero-order chi connectivity index (χ0) is 19.0. The van der Waals surface area contributed by atoms with E-state index in [-0.39, 0.29) is 23.3 Å². The maximum absolute atomic E-state index is 12.4. The van der Waals surface area contributed by atoms with E-state index in [4.69, 9.17) is 4.42 Å². The molecule has 1 aliphatic heterocycles. The average molecular weight is 368 g/mol. The molecule has 5 nitrogen and oxygen atoms in total. The largest absolute Gasteiger partial charge is 0.479 e. The summed E-state index contributed by atoms with van der Waals surface area (Å²) in [4.78, 5) is 8.76. The van der Waals surface area contributed by atoms with Crippen LogP contribution in [0.3, 0.4) is 0 Å². The van der Waals surface area contributed by atoms with Crippen molar-refractivity contribution < 1.29 is 23.0 Å². The normalized spacial score (nSPS) is 14.5. The first-order valence-corrected chi connectivity index (χ1v) is 8.13. The molecule has 0 amide bonds. The number of para-hydroxylation sites is 1. The van der Waals surface area contributed by atoms with Crippen LogP contribution in [0.25, 0.3) is 23.1 Å². The molecule has 0 saturated heterocycles. The van der Waals surface area contributed by atoms with Gasteiger partial charge in [-0.3, -0.25) is 4.99 Å². The number of oxazole rings is 1. The van der Waals surface area contributed by atoms with Crippen LogP contribution in [0.15, 0.2) is 57.9 Å². The highest BCUT2D eigenvalue weighted by atomic mass is 19.3. The van der Waals surface area contributed by atoms with E-state index in [0.29, 0.717) is 5.56 Å². The van der Waals surface area contributed by atoms with Gasteiger partial charge in [0.25, 0.3) is 0 Å². The van der Waals surface area contributed by atoms with Crippen molar-refractivity contribution in [3.8, 4) is 23.1 Å². The zero-order valence-corrected chi connectivity index (χ0v) is 14.2. The van der Waals surface area contributed by atoms with Gasteiger partial charge in [-0.05, 0) is 37.3 Å². The lowest BCUT2D eigenvalue weighted by atomic mass is 10.0. The number of aromatic hydroxyl groups is 1. The minimum Gasteiger partial charge on any atom is -0.479 e. The Labute approximate surface area is 153 Å². The number of benzene rings is 2. The molecule has 1 aliphatic rings. The summed E-state index contributed by atoms with van der Waals surface area (Å²) in [7, 11) is 0. The van der Waals surface area contributed by atoms with Crippen LogP contribution in [0.4, 0.5) is 14.5 Å². The molecular formula is C20H14F2N2O3. The summed E-state index contributed by atoms with van der Waals surface area (Å²) in [6.07, 6.45) is 1.69. The number of fused-ring (bicyclic) bond motifs is 1. The Morgan fingerprint density at radius 3 is 2.78 bits per heavy atom. The Kier molecular flexibility index (Phi) is 4.19. The van der Waals surface area contributed by atoms with Gasteiger partial charge in [0, 0.05) is 22.4 Å². The van der Waals surface area contributed by atoms with E-state index in [2.05, 4.69) is 14.7 Å². The first-order chi connectivity index (χ1) is 13.0. The van der Waals surface area contributed by atoms with Crippen molar-refractivity contribution in [1.82, 2.24) is 4.98 Å². The van der Waals surface area contributed by atoms with Crippen molar-refractivity contribution in [1.29, 1.82) is 0 Å². The molecule has 0 bridgehead atoms. The van der Waals surface area contributed by atoms with Gasteiger partial charge in [0.2, 0.25) is 5.89 Å². The molecule has 1 aromatic heterocycles. The van der Waals surface area contributed by atoms with Crippen molar-refractivity contribution >= 4 is 23.0 Å². The third-order valence-electron chi connectivity index (χ3n) is 4.09. The van der Waals surface area contributed by atoms with Crippen molar-refractivity contribution in [3.05, 3.63) is 59.8 Å². The molecule has 2 heterocycles. The molecule has 0 aliphatic carbocycles. The van der Waals surface area contributed by atoms with Gasteiger partial charge < -0.3 is 14.3 Å². The Balaban J connectivity index is 1.70. The molecule has 2 aromatic carbocycles. The van der Waals surface area contributed by atoms with Crippen LogP contribution in [-0.2, 0) is 0 Å². The van der Waals surface area contributed by atoms with Crippen molar-refractivity contribution in [3.63, 3.8) is 0 Å². The van der Waals surface area contributed by atoms with Gasteiger partial charge in [-0.2, -0.15) is 8.78 Å². The molecule has 0 unspecified atom stereocenters. The first-order valence-electron chi connectivity index (χ1n) is 8.13. The smallest absolute Gasteiger partial charge is 0.387 e. The van der Waals surface area contributed by atoms with E-state index < -0.39 is 6.61 Å². The van der Waals surface area contributed by atoms with Gasteiger partial charge in [0.1, 0.15) is 11.4 Å². The number of aliphatic imine (C=N–C) groups is 1. The maximum Gasteiger partial charge on any atom is 0.387 e. The van der Waals surface area contributed by atoms with E-state index >= 15 is 0 Å². The Bertz CT molecular complexity index is 1070. The summed E-state index contributed by atoms with van der Waals surface area (Å²) in [5.41, 5.74) is 4.05. The molecule has 27 heavy (non-hydrogen) atoms. The monoisotopic (exact) mass is 368 g/mol. The minimum atomic E-state index is -2.93.